The van der Waals surface area contributed by atoms with Gasteiger partial charge in [0.2, 0.25) is 0 Å². The molecule has 2 atom stereocenters. The third-order valence-corrected chi connectivity index (χ3v) is 7.63. The lowest BCUT2D eigenvalue weighted by Crippen LogP contribution is -2.27. The Morgan fingerprint density at radius 2 is 1.54 bits per heavy atom. The van der Waals surface area contributed by atoms with E-state index in [2.05, 4.69) is 92.7 Å². The molecule has 0 amide bonds. The average molecular weight is 331 g/mol. The van der Waals surface area contributed by atoms with Gasteiger partial charge in [0.15, 0.2) is 0 Å². The molecule has 0 aliphatic heterocycles. The van der Waals surface area contributed by atoms with E-state index >= 15 is 0 Å². The first kappa shape index (κ1) is 16.7. The standard InChI is InChI=1S/C22H22NP/c1-17-15-19(16-23)13-14-22(17)18(2)24(20-9-5-3-6-10-20)21-11-7-4-8-12-21/h3-13,15,18,22H,14H2,1-2H3. The SMILES string of the molecule is CC1=CC(C#N)=CCC1C(C)P(c1ccccc1)c1ccccc1. The van der Waals surface area contributed by atoms with Gasteiger partial charge in [-0.1, -0.05) is 79.2 Å². The molecule has 0 aromatic heterocycles. The van der Waals surface area contributed by atoms with E-state index in [4.69, 9.17) is 5.26 Å². The summed E-state index contributed by atoms with van der Waals surface area (Å²) in [7, 11) is -0.433. The summed E-state index contributed by atoms with van der Waals surface area (Å²) in [4.78, 5) is 0. The Bertz CT molecular complexity index is 744. The maximum absolute atomic E-state index is 9.14. The van der Waals surface area contributed by atoms with Gasteiger partial charge in [0.05, 0.1) is 6.07 Å². The molecule has 0 saturated heterocycles. The van der Waals surface area contributed by atoms with Gasteiger partial charge in [-0.15, -0.1) is 0 Å². The van der Waals surface area contributed by atoms with E-state index in [0.29, 0.717) is 11.6 Å². The smallest absolute Gasteiger partial charge is 0.0988 e. The van der Waals surface area contributed by atoms with Crippen LogP contribution in [0.1, 0.15) is 20.3 Å². The summed E-state index contributed by atoms with van der Waals surface area (Å²) < 4.78 is 0. The molecule has 2 aromatic rings. The fourth-order valence-electron chi connectivity index (χ4n) is 3.48. The van der Waals surface area contributed by atoms with Crippen LogP contribution in [0.3, 0.4) is 0 Å². The Kier molecular flexibility index (Phi) is 5.29. The predicted molar refractivity (Wildman–Crippen MR) is 104 cm³/mol. The molecular weight excluding hydrogens is 309 g/mol. The van der Waals surface area contributed by atoms with Crippen LogP contribution < -0.4 is 10.6 Å². The Hall–Kier alpha value is -2.16. The normalized spacial score (nSPS) is 18.5. The lowest BCUT2D eigenvalue weighted by Gasteiger charge is -2.34. The molecule has 3 rings (SSSR count). The van der Waals surface area contributed by atoms with Crippen molar-refractivity contribution in [3.8, 4) is 6.07 Å². The molecule has 0 N–H and O–H groups in total. The van der Waals surface area contributed by atoms with E-state index in [-0.39, 0.29) is 0 Å². The second kappa shape index (κ2) is 7.61. The van der Waals surface area contributed by atoms with Crippen molar-refractivity contribution in [2.45, 2.75) is 25.9 Å². The van der Waals surface area contributed by atoms with Gasteiger partial charge in [-0.3, -0.25) is 0 Å². The van der Waals surface area contributed by atoms with Crippen LogP contribution in [-0.2, 0) is 0 Å². The van der Waals surface area contributed by atoms with Crippen LogP contribution in [0.15, 0.2) is 84.0 Å². The van der Waals surface area contributed by atoms with Crippen molar-refractivity contribution in [1.82, 2.24) is 0 Å². The molecule has 0 radical (unpaired) electrons. The molecular formula is C22H22NP. The third-order valence-electron chi connectivity index (χ3n) is 4.75. The number of nitrogens with zero attached hydrogens (tertiary/aromatic N) is 1. The lowest BCUT2D eigenvalue weighted by atomic mass is 9.87. The largest absolute Gasteiger partial charge is 0.192 e. The fraction of sp³-hybridized carbons (Fsp3) is 0.227. The molecule has 2 heteroatoms. The minimum atomic E-state index is -0.433. The monoisotopic (exact) mass is 331 g/mol. The number of rotatable bonds is 4. The van der Waals surface area contributed by atoms with E-state index in [9.17, 15) is 0 Å². The second-order valence-corrected chi connectivity index (χ2v) is 8.87. The Labute approximate surface area is 146 Å². The van der Waals surface area contributed by atoms with Gasteiger partial charge in [0.25, 0.3) is 0 Å². The van der Waals surface area contributed by atoms with Crippen molar-refractivity contribution in [3.05, 3.63) is 84.0 Å². The number of allylic oxidation sites excluding steroid dienone is 4. The average Bonchev–Trinajstić information content (AvgIpc) is 2.63. The van der Waals surface area contributed by atoms with Gasteiger partial charge in [-0.05, 0) is 49.5 Å². The summed E-state index contributed by atoms with van der Waals surface area (Å²) in [6.45, 7) is 4.55. The van der Waals surface area contributed by atoms with Gasteiger partial charge < -0.3 is 0 Å². The summed E-state index contributed by atoms with van der Waals surface area (Å²) >= 11 is 0. The van der Waals surface area contributed by atoms with E-state index in [0.717, 1.165) is 12.0 Å². The van der Waals surface area contributed by atoms with Crippen LogP contribution in [-0.4, -0.2) is 5.66 Å². The third kappa shape index (κ3) is 3.50. The van der Waals surface area contributed by atoms with Gasteiger partial charge >= 0.3 is 0 Å². The minimum absolute atomic E-state index is 0.433. The molecule has 2 aromatic carbocycles. The van der Waals surface area contributed by atoms with Crippen molar-refractivity contribution >= 4 is 18.5 Å². The Morgan fingerprint density at radius 1 is 1.00 bits per heavy atom. The number of hydrogen-bond donors (Lipinski definition) is 0. The first-order valence-corrected chi connectivity index (χ1v) is 9.79. The maximum Gasteiger partial charge on any atom is 0.0988 e. The van der Waals surface area contributed by atoms with Crippen molar-refractivity contribution < 1.29 is 0 Å². The predicted octanol–water partition coefficient (Wildman–Crippen LogP) is 4.92. The van der Waals surface area contributed by atoms with Crippen LogP contribution in [0.5, 0.6) is 0 Å². The molecule has 1 nitrogen and oxygen atoms in total. The zero-order valence-corrected chi connectivity index (χ0v) is 15.1. The summed E-state index contributed by atoms with van der Waals surface area (Å²) in [5, 5.41) is 12.0. The van der Waals surface area contributed by atoms with Crippen molar-refractivity contribution in [3.63, 3.8) is 0 Å². The molecule has 0 bridgehead atoms. The van der Waals surface area contributed by atoms with Crippen LogP contribution in [0.4, 0.5) is 0 Å². The lowest BCUT2D eigenvalue weighted by molar-refractivity contribution is 0.603. The zero-order valence-electron chi connectivity index (χ0n) is 14.2. The highest BCUT2D eigenvalue weighted by Crippen LogP contribution is 2.46. The highest BCUT2D eigenvalue weighted by Gasteiger charge is 2.29. The zero-order chi connectivity index (χ0) is 16.9. The highest BCUT2D eigenvalue weighted by molar-refractivity contribution is 7.73. The number of nitriles is 1. The van der Waals surface area contributed by atoms with E-state index < -0.39 is 7.92 Å². The molecule has 120 valence electrons. The molecule has 2 unspecified atom stereocenters. The molecule has 0 spiro atoms. The number of benzene rings is 2. The second-order valence-electron chi connectivity index (χ2n) is 6.28. The summed E-state index contributed by atoms with van der Waals surface area (Å²) in [6, 6.07) is 24.0. The minimum Gasteiger partial charge on any atom is -0.192 e. The van der Waals surface area contributed by atoms with Crippen LogP contribution in [0.25, 0.3) is 0 Å². The van der Waals surface area contributed by atoms with E-state index in [1.165, 1.54) is 16.2 Å². The van der Waals surface area contributed by atoms with Gasteiger partial charge in [0.1, 0.15) is 0 Å². The molecule has 1 aliphatic rings. The maximum atomic E-state index is 9.14. The van der Waals surface area contributed by atoms with Gasteiger partial charge in [-0.2, -0.15) is 5.26 Å². The first-order chi connectivity index (χ1) is 11.7. The van der Waals surface area contributed by atoms with Crippen LogP contribution in [0.2, 0.25) is 0 Å². The number of hydrogen-bond acceptors (Lipinski definition) is 1. The quantitative estimate of drug-likeness (QED) is 0.729. The molecule has 24 heavy (non-hydrogen) atoms. The van der Waals surface area contributed by atoms with E-state index in [1.807, 2.05) is 0 Å². The summed E-state index contributed by atoms with van der Waals surface area (Å²) in [5.41, 5.74) is 2.66. The van der Waals surface area contributed by atoms with E-state index in [1.54, 1.807) is 0 Å². The molecule has 1 aliphatic carbocycles. The highest BCUT2D eigenvalue weighted by atomic mass is 31.1. The molecule has 0 fully saturated rings. The fourth-order valence-corrected chi connectivity index (χ4v) is 6.42. The molecule has 0 heterocycles. The van der Waals surface area contributed by atoms with Crippen LogP contribution >= 0.6 is 7.92 Å². The Morgan fingerprint density at radius 3 is 2.00 bits per heavy atom. The van der Waals surface area contributed by atoms with Crippen molar-refractivity contribution in [1.29, 1.82) is 5.26 Å². The van der Waals surface area contributed by atoms with Crippen LogP contribution in [0, 0.1) is 17.2 Å². The first-order valence-electron chi connectivity index (χ1n) is 8.38. The summed E-state index contributed by atoms with van der Waals surface area (Å²) in [5.74, 6) is 0.494. The van der Waals surface area contributed by atoms with Gasteiger partial charge in [0, 0.05) is 5.57 Å². The van der Waals surface area contributed by atoms with Crippen molar-refractivity contribution in [2.75, 3.05) is 0 Å². The summed E-state index contributed by atoms with van der Waals surface area (Å²) in [6.07, 6.45) is 5.12. The Balaban J connectivity index is 1.97. The topological polar surface area (TPSA) is 23.8 Å². The molecule has 0 saturated carbocycles. The van der Waals surface area contributed by atoms with Gasteiger partial charge in [-0.25, -0.2) is 0 Å². The van der Waals surface area contributed by atoms with Crippen molar-refractivity contribution in [2.24, 2.45) is 5.92 Å².